The molecule has 0 aromatic carbocycles. The molecule has 1 fully saturated rings. The number of β-lactam (4-membered cyclic amide) rings is 1. The van der Waals surface area contributed by atoms with Crippen molar-refractivity contribution in [2.75, 3.05) is 34.5 Å². The van der Waals surface area contributed by atoms with Crippen LogP contribution in [0.15, 0.2) is 27.0 Å². The first-order valence-electron chi connectivity index (χ1n) is 11.9. The number of fused-ring (bicyclic) bond motifs is 1. The summed E-state index contributed by atoms with van der Waals surface area (Å²) in [6.45, 7) is 4.13. The smallest absolute Gasteiger partial charge is 0.352 e. The number of carbonyl (C=O) groups is 4. The van der Waals surface area contributed by atoms with Crippen LogP contribution in [0.5, 0.6) is 0 Å². The van der Waals surface area contributed by atoms with Crippen LogP contribution in [0.25, 0.3) is 0 Å². The number of carboxylic acids is 2. The number of nitrogens with one attached hydrogen (secondary N) is 1. The molecule has 1 unspecified atom stereocenters. The van der Waals surface area contributed by atoms with Crippen molar-refractivity contribution < 1.29 is 38.9 Å². The van der Waals surface area contributed by atoms with Gasteiger partial charge in [-0.3, -0.25) is 20.3 Å². The average molecular weight is 640 g/mol. The molecule has 0 radical (unpaired) electrons. The number of carboxylic acid groups (broad SMARTS) is 2. The van der Waals surface area contributed by atoms with Crippen LogP contribution >= 0.6 is 34.9 Å². The van der Waals surface area contributed by atoms with Crippen molar-refractivity contribution in [1.29, 1.82) is 0 Å². The predicted octanol–water partition coefficient (Wildman–Crippen LogP) is -1.29. The van der Waals surface area contributed by atoms with Gasteiger partial charge < -0.3 is 37.6 Å². The van der Waals surface area contributed by atoms with Crippen LogP contribution in [0.3, 0.4) is 0 Å². The SMILES string of the molecule is Cc1c(N)nc(SCC2=C(C(=O)O)N3C(=O)C(NC(=O)/C(=N\OC(C)(C)C(=O)O)c4csc(N)n4)[C@H]3SC2)[n+](N)c1N. The zero-order chi connectivity index (χ0) is 31.1. The summed E-state index contributed by atoms with van der Waals surface area (Å²) in [5.74, 6) is 2.49. The van der Waals surface area contributed by atoms with Gasteiger partial charge in [0.2, 0.25) is 17.2 Å². The number of amides is 2. The van der Waals surface area contributed by atoms with E-state index in [9.17, 15) is 29.4 Å². The molecule has 11 N–H and O–H groups in total. The lowest BCUT2D eigenvalue weighted by Gasteiger charge is -2.49. The topological polar surface area (TPSA) is 279 Å². The van der Waals surface area contributed by atoms with E-state index in [4.69, 9.17) is 27.9 Å². The van der Waals surface area contributed by atoms with E-state index in [0.717, 1.165) is 32.7 Å². The summed E-state index contributed by atoms with van der Waals surface area (Å²) in [4.78, 5) is 64.4. The maximum Gasteiger partial charge on any atom is 0.352 e. The zero-order valence-electron chi connectivity index (χ0n) is 22.4. The highest BCUT2D eigenvalue weighted by Gasteiger charge is 2.54. The molecule has 42 heavy (non-hydrogen) atoms. The highest BCUT2D eigenvalue weighted by atomic mass is 32.2. The van der Waals surface area contributed by atoms with Gasteiger partial charge in [-0.05, 0) is 38.1 Å². The van der Waals surface area contributed by atoms with Gasteiger partial charge in [-0.2, -0.15) is 0 Å². The first-order valence-corrected chi connectivity index (χ1v) is 14.8. The number of nitrogens with two attached hydrogens (primary N) is 4. The largest absolute Gasteiger partial charge is 0.478 e. The molecular formula is C22H27N10O7S3+. The quantitative estimate of drug-likeness (QED) is 0.0303. The molecule has 2 amide bonds. The summed E-state index contributed by atoms with van der Waals surface area (Å²) in [5.41, 5.74) is 16.1. The molecule has 17 nitrogen and oxygen atoms in total. The molecule has 1 saturated heterocycles. The van der Waals surface area contributed by atoms with Gasteiger partial charge >= 0.3 is 17.1 Å². The van der Waals surface area contributed by atoms with Crippen LogP contribution in [0.1, 0.15) is 25.1 Å². The Morgan fingerprint density at radius 1 is 1.29 bits per heavy atom. The Morgan fingerprint density at radius 3 is 2.57 bits per heavy atom. The van der Waals surface area contributed by atoms with Crippen molar-refractivity contribution in [2.45, 2.75) is 42.9 Å². The zero-order valence-corrected chi connectivity index (χ0v) is 24.8. The Bertz CT molecular complexity index is 1560. The van der Waals surface area contributed by atoms with Crippen LogP contribution in [-0.4, -0.2) is 83.1 Å². The second-order valence-electron chi connectivity index (χ2n) is 9.48. The van der Waals surface area contributed by atoms with Gasteiger partial charge in [-0.1, -0.05) is 10.1 Å². The maximum absolute atomic E-state index is 13.2. The number of aromatic nitrogens is 3. The number of hydrogen-bond donors (Lipinski definition) is 7. The van der Waals surface area contributed by atoms with Crippen molar-refractivity contribution >= 4 is 81.1 Å². The van der Waals surface area contributed by atoms with Crippen LogP contribution in [-0.2, 0) is 24.0 Å². The van der Waals surface area contributed by atoms with Gasteiger partial charge in [0.1, 0.15) is 22.8 Å². The molecule has 0 spiro atoms. The number of nitrogens with zero attached hydrogens (tertiary/aromatic N) is 5. The molecule has 0 bridgehead atoms. The number of oxime groups is 1. The Morgan fingerprint density at radius 2 is 1.98 bits per heavy atom. The van der Waals surface area contributed by atoms with Crippen molar-refractivity contribution in [1.82, 2.24) is 20.2 Å². The molecule has 2 aliphatic heterocycles. The lowest BCUT2D eigenvalue weighted by Crippen LogP contribution is -2.71. The standard InChI is InChI=1S/C22H26N10O7S3/c1-7-13(23)29-21(32(26)14(7)24)42-5-8-4-40-17-11(16(34)31(17)12(8)18(35)36)28-15(33)10(9-6-41-20(25)27-9)30-39-22(2,3)19(37)38/h6,11,17H,4-5,26H2,1-3H3,(H8,23,24,25,27,28,33,35,36,37,38)/p+1/b30-10-/t11?,17-/m1/s1. The molecule has 2 atom stereocenters. The van der Waals surface area contributed by atoms with Crippen molar-refractivity contribution in [3.63, 3.8) is 0 Å². The molecule has 224 valence electrons. The summed E-state index contributed by atoms with van der Waals surface area (Å²) >= 11 is 3.36. The first-order chi connectivity index (χ1) is 19.6. The number of nitrogen functional groups attached to an aromatic ring is 4. The summed E-state index contributed by atoms with van der Waals surface area (Å²) in [5, 5.41) is 26.6. The van der Waals surface area contributed by atoms with E-state index in [-0.39, 0.29) is 44.8 Å². The predicted molar refractivity (Wildman–Crippen MR) is 154 cm³/mol. The molecule has 2 aliphatic rings. The second kappa shape index (κ2) is 11.5. The van der Waals surface area contributed by atoms with E-state index >= 15 is 0 Å². The van der Waals surface area contributed by atoms with E-state index in [1.165, 1.54) is 31.0 Å². The molecule has 2 aromatic heterocycles. The minimum atomic E-state index is -1.78. The molecule has 0 saturated carbocycles. The second-order valence-corrected chi connectivity index (χ2v) is 12.4. The van der Waals surface area contributed by atoms with Gasteiger partial charge in [-0.25, -0.2) is 14.6 Å². The average Bonchev–Trinajstić information content (AvgIpc) is 3.36. The molecule has 4 rings (SSSR count). The molecule has 4 heterocycles. The molecular weight excluding hydrogens is 613 g/mol. The maximum atomic E-state index is 13.2. The van der Waals surface area contributed by atoms with Crippen LogP contribution in [0, 0.1) is 6.92 Å². The monoisotopic (exact) mass is 639 g/mol. The van der Waals surface area contributed by atoms with Gasteiger partial charge in [0.05, 0.1) is 5.56 Å². The molecule has 2 aromatic rings. The van der Waals surface area contributed by atoms with Crippen molar-refractivity contribution in [3.8, 4) is 0 Å². The Balaban J connectivity index is 1.54. The van der Waals surface area contributed by atoms with Gasteiger partial charge in [-0.15, -0.1) is 27.8 Å². The number of anilines is 3. The summed E-state index contributed by atoms with van der Waals surface area (Å²) in [6.07, 6.45) is 0. The first kappa shape index (κ1) is 30.7. The molecule has 0 aliphatic carbocycles. The minimum absolute atomic E-state index is 0.00433. The third-order valence-electron chi connectivity index (χ3n) is 6.22. The highest BCUT2D eigenvalue weighted by Crippen LogP contribution is 2.41. The van der Waals surface area contributed by atoms with Gasteiger partial charge in [0.25, 0.3) is 11.8 Å². The number of hydrogen-bond acceptors (Lipinski definition) is 15. The van der Waals surface area contributed by atoms with Gasteiger partial charge in [0, 0.05) is 16.9 Å². The number of rotatable bonds is 10. The van der Waals surface area contributed by atoms with E-state index in [1.807, 2.05) is 0 Å². The van der Waals surface area contributed by atoms with E-state index in [1.54, 1.807) is 6.92 Å². The van der Waals surface area contributed by atoms with E-state index in [2.05, 4.69) is 20.4 Å². The summed E-state index contributed by atoms with van der Waals surface area (Å²) in [7, 11) is 0. The third-order valence-corrected chi connectivity index (χ3v) is 9.27. The number of carbonyl (C=O) groups excluding carboxylic acids is 2. The summed E-state index contributed by atoms with van der Waals surface area (Å²) < 4.78 is 1.15. The fourth-order valence-electron chi connectivity index (χ4n) is 3.71. The van der Waals surface area contributed by atoms with E-state index < -0.39 is 46.5 Å². The Kier molecular flexibility index (Phi) is 8.41. The lowest BCUT2D eigenvalue weighted by atomic mass is 10.0. The highest BCUT2D eigenvalue weighted by molar-refractivity contribution is 8.01. The Labute approximate surface area is 250 Å². The van der Waals surface area contributed by atoms with Crippen LogP contribution in [0.4, 0.5) is 16.8 Å². The summed E-state index contributed by atoms with van der Waals surface area (Å²) in [6, 6.07) is -1.11. The lowest BCUT2D eigenvalue weighted by molar-refractivity contribution is -0.667. The van der Waals surface area contributed by atoms with Crippen molar-refractivity contribution in [2.24, 2.45) is 5.16 Å². The van der Waals surface area contributed by atoms with Crippen LogP contribution < -0.4 is 33.0 Å². The third kappa shape index (κ3) is 5.72. The fourth-order valence-corrected chi connectivity index (χ4v) is 6.68. The molecule has 20 heteroatoms. The Hall–Kier alpha value is -4.30. The van der Waals surface area contributed by atoms with E-state index in [0.29, 0.717) is 11.1 Å². The number of thiazole rings is 1. The van der Waals surface area contributed by atoms with Crippen LogP contribution in [0.2, 0.25) is 0 Å². The fraction of sp³-hybridized carbons (Fsp3) is 0.364. The van der Waals surface area contributed by atoms with Gasteiger partial charge in [0.15, 0.2) is 10.8 Å². The number of thioether (sulfide) groups is 2. The normalized spacial score (nSPS) is 18.8. The minimum Gasteiger partial charge on any atom is -0.478 e. The number of aliphatic carboxylic acids is 2. The van der Waals surface area contributed by atoms with Crippen molar-refractivity contribution in [3.05, 3.63) is 27.9 Å².